The van der Waals surface area contributed by atoms with Gasteiger partial charge in [0.2, 0.25) is 5.89 Å². The van der Waals surface area contributed by atoms with Gasteiger partial charge in [-0.2, -0.15) is 4.98 Å². The van der Waals surface area contributed by atoms with Gasteiger partial charge in [-0.1, -0.05) is 5.16 Å². The van der Waals surface area contributed by atoms with Gasteiger partial charge in [-0.15, -0.1) is 0 Å². The Kier molecular flexibility index (Phi) is 4.10. The molecule has 7 heteroatoms. The predicted octanol–water partition coefficient (Wildman–Crippen LogP) is 2.25. The maximum absolute atomic E-state index is 12.6. The van der Waals surface area contributed by atoms with Crippen LogP contribution in [0.3, 0.4) is 0 Å². The number of likely N-dealkylation sites (tertiary alicyclic amines) is 1. The molecule has 4 rings (SSSR count). The second-order valence-corrected chi connectivity index (χ2v) is 6.71. The molecule has 0 aromatic carbocycles. The van der Waals surface area contributed by atoms with E-state index in [2.05, 4.69) is 10.1 Å². The van der Waals surface area contributed by atoms with Crippen molar-refractivity contribution in [2.75, 3.05) is 26.3 Å². The topological polar surface area (TPSA) is 81.6 Å². The van der Waals surface area contributed by atoms with E-state index in [1.165, 1.54) is 19.1 Å². The molecule has 2 aromatic rings. The van der Waals surface area contributed by atoms with Crippen LogP contribution in [0.15, 0.2) is 27.3 Å². The Hall–Kier alpha value is -2.15. The minimum absolute atomic E-state index is 0.00400. The van der Waals surface area contributed by atoms with Crippen molar-refractivity contribution in [1.29, 1.82) is 0 Å². The first kappa shape index (κ1) is 15.4. The third-order valence-electron chi connectivity index (χ3n) is 4.70. The first-order valence-corrected chi connectivity index (χ1v) is 8.41. The van der Waals surface area contributed by atoms with Crippen molar-refractivity contribution in [3.05, 3.63) is 35.9 Å². The van der Waals surface area contributed by atoms with Crippen LogP contribution < -0.4 is 0 Å². The number of aromatic nitrogens is 2. The number of hydrogen-bond acceptors (Lipinski definition) is 6. The van der Waals surface area contributed by atoms with E-state index in [0.29, 0.717) is 37.2 Å². The van der Waals surface area contributed by atoms with Crippen LogP contribution in [0.4, 0.5) is 0 Å². The van der Waals surface area contributed by atoms with Gasteiger partial charge in [0.05, 0.1) is 18.8 Å². The molecule has 1 aliphatic carbocycles. The summed E-state index contributed by atoms with van der Waals surface area (Å²) in [5, 5.41) is 3.89. The van der Waals surface area contributed by atoms with Gasteiger partial charge in [0.1, 0.15) is 0 Å². The monoisotopic (exact) mass is 331 g/mol. The maximum atomic E-state index is 12.6. The molecule has 3 heterocycles. The zero-order valence-corrected chi connectivity index (χ0v) is 13.7. The first-order chi connectivity index (χ1) is 11.7. The van der Waals surface area contributed by atoms with E-state index < -0.39 is 0 Å². The lowest BCUT2D eigenvalue weighted by molar-refractivity contribution is 0.0711. The van der Waals surface area contributed by atoms with Crippen LogP contribution in [-0.2, 0) is 4.74 Å². The Morgan fingerprint density at radius 2 is 2.25 bits per heavy atom. The minimum atomic E-state index is -0.106. The van der Waals surface area contributed by atoms with Gasteiger partial charge in [-0.05, 0) is 37.8 Å². The average Bonchev–Trinajstić information content (AvgIpc) is 2.98. The zero-order chi connectivity index (χ0) is 16.5. The van der Waals surface area contributed by atoms with E-state index in [4.69, 9.17) is 13.7 Å². The van der Waals surface area contributed by atoms with E-state index in [1.54, 1.807) is 24.0 Å². The lowest BCUT2D eigenvalue weighted by Gasteiger charge is -2.15. The van der Waals surface area contributed by atoms with Crippen LogP contribution >= 0.6 is 0 Å². The van der Waals surface area contributed by atoms with Gasteiger partial charge < -0.3 is 18.6 Å². The number of hydrogen-bond donors (Lipinski definition) is 0. The van der Waals surface area contributed by atoms with Crippen molar-refractivity contribution in [2.24, 2.45) is 11.8 Å². The number of carbonyl (C=O) groups is 1. The Bertz CT molecular complexity index is 693. The zero-order valence-electron chi connectivity index (χ0n) is 13.7. The molecular formula is C17H21N3O4. The molecule has 7 nitrogen and oxygen atoms in total. The van der Waals surface area contributed by atoms with E-state index in [1.807, 2.05) is 0 Å². The molecule has 24 heavy (non-hydrogen) atoms. The van der Waals surface area contributed by atoms with Crippen molar-refractivity contribution >= 4 is 5.91 Å². The number of aryl methyl sites for hydroxylation is 1. The summed E-state index contributed by atoms with van der Waals surface area (Å²) in [7, 11) is 0. The normalized spacial score (nSPS) is 23.8. The molecule has 1 saturated heterocycles. The van der Waals surface area contributed by atoms with Gasteiger partial charge in [0.15, 0.2) is 11.6 Å². The third-order valence-corrected chi connectivity index (χ3v) is 4.70. The summed E-state index contributed by atoms with van der Waals surface area (Å²) in [5.41, 5.74) is 0. The molecule has 0 bridgehead atoms. The smallest absolute Gasteiger partial charge is 0.289 e. The SMILES string of the molecule is Cc1noc([C@@H]2CN(C(=O)c3ccco3)C[C@H]2COCC2CC2)n1. The summed E-state index contributed by atoms with van der Waals surface area (Å²) in [6.07, 6.45) is 4.04. The van der Waals surface area contributed by atoms with Gasteiger partial charge in [-0.25, -0.2) is 0 Å². The van der Waals surface area contributed by atoms with Crippen molar-refractivity contribution in [3.63, 3.8) is 0 Å². The van der Waals surface area contributed by atoms with Crippen LogP contribution in [-0.4, -0.2) is 47.3 Å². The standard InChI is InChI=1S/C17H21N3O4/c1-11-18-16(24-19-11)14-8-20(17(21)15-3-2-6-23-15)7-13(14)10-22-9-12-4-5-12/h2-3,6,12-14H,4-5,7-10H2,1H3/t13-,14+/m0/s1. The van der Waals surface area contributed by atoms with Crippen LogP contribution in [0.25, 0.3) is 0 Å². The second kappa shape index (κ2) is 6.39. The van der Waals surface area contributed by atoms with Gasteiger partial charge in [0.25, 0.3) is 5.91 Å². The van der Waals surface area contributed by atoms with Crippen LogP contribution in [0.2, 0.25) is 0 Å². The lowest BCUT2D eigenvalue weighted by atomic mass is 9.97. The summed E-state index contributed by atoms with van der Waals surface area (Å²) in [5.74, 6) is 2.32. The second-order valence-electron chi connectivity index (χ2n) is 6.71. The molecule has 2 aliphatic rings. The summed E-state index contributed by atoms with van der Waals surface area (Å²) >= 11 is 0. The molecule has 0 spiro atoms. The Balaban J connectivity index is 1.46. The third kappa shape index (κ3) is 3.21. The molecule has 2 atom stereocenters. The molecule has 1 aliphatic heterocycles. The maximum Gasteiger partial charge on any atom is 0.289 e. The molecule has 2 aromatic heterocycles. The van der Waals surface area contributed by atoms with Crippen molar-refractivity contribution in [3.8, 4) is 0 Å². The Labute approximate surface area is 140 Å². The van der Waals surface area contributed by atoms with E-state index in [9.17, 15) is 4.79 Å². The molecule has 128 valence electrons. The molecule has 0 radical (unpaired) electrons. The number of furan rings is 1. The Morgan fingerprint density at radius 3 is 2.92 bits per heavy atom. The fraction of sp³-hybridized carbons (Fsp3) is 0.588. The Morgan fingerprint density at radius 1 is 1.38 bits per heavy atom. The molecule has 0 unspecified atom stereocenters. The van der Waals surface area contributed by atoms with E-state index >= 15 is 0 Å². The highest BCUT2D eigenvalue weighted by molar-refractivity contribution is 5.91. The largest absolute Gasteiger partial charge is 0.459 e. The minimum Gasteiger partial charge on any atom is -0.459 e. The number of rotatable bonds is 6. The van der Waals surface area contributed by atoms with Crippen LogP contribution in [0.1, 0.15) is 41.0 Å². The van der Waals surface area contributed by atoms with Gasteiger partial charge in [-0.3, -0.25) is 4.79 Å². The summed E-state index contributed by atoms with van der Waals surface area (Å²) < 4.78 is 16.5. The van der Waals surface area contributed by atoms with Crippen LogP contribution in [0.5, 0.6) is 0 Å². The van der Waals surface area contributed by atoms with E-state index in [0.717, 1.165) is 12.5 Å². The predicted molar refractivity (Wildman–Crippen MR) is 83.4 cm³/mol. The molecule has 1 saturated carbocycles. The summed E-state index contributed by atoms with van der Waals surface area (Å²) in [4.78, 5) is 18.7. The number of nitrogens with zero attached hydrogens (tertiary/aromatic N) is 3. The number of amides is 1. The quantitative estimate of drug-likeness (QED) is 0.807. The number of ether oxygens (including phenoxy) is 1. The van der Waals surface area contributed by atoms with Crippen LogP contribution in [0, 0.1) is 18.8 Å². The van der Waals surface area contributed by atoms with Crippen molar-refractivity contribution < 1.29 is 18.5 Å². The lowest BCUT2D eigenvalue weighted by Crippen LogP contribution is -2.29. The fourth-order valence-electron chi connectivity index (χ4n) is 3.18. The fourth-order valence-corrected chi connectivity index (χ4v) is 3.18. The van der Waals surface area contributed by atoms with Gasteiger partial charge in [0, 0.05) is 25.6 Å². The molecule has 2 fully saturated rings. The number of carbonyl (C=O) groups excluding carboxylic acids is 1. The average molecular weight is 331 g/mol. The first-order valence-electron chi connectivity index (χ1n) is 8.41. The summed E-state index contributed by atoms with van der Waals surface area (Å²) in [6.45, 7) is 4.35. The van der Waals surface area contributed by atoms with Gasteiger partial charge >= 0.3 is 0 Å². The molecular weight excluding hydrogens is 310 g/mol. The van der Waals surface area contributed by atoms with Crippen molar-refractivity contribution in [2.45, 2.75) is 25.7 Å². The summed E-state index contributed by atoms with van der Waals surface area (Å²) in [6, 6.07) is 3.41. The van der Waals surface area contributed by atoms with E-state index in [-0.39, 0.29) is 17.7 Å². The molecule has 0 N–H and O–H groups in total. The molecule has 1 amide bonds. The highest BCUT2D eigenvalue weighted by atomic mass is 16.5. The highest BCUT2D eigenvalue weighted by Crippen LogP contribution is 2.34. The highest BCUT2D eigenvalue weighted by Gasteiger charge is 2.40. The van der Waals surface area contributed by atoms with Crippen molar-refractivity contribution in [1.82, 2.24) is 15.0 Å².